The zero-order chi connectivity index (χ0) is 15.3. The second-order valence-corrected chi connectivity index (χ2v) is 8.40. The molecule has 2 rings (SSSR count). The highest BCUT2D eigenvalue weighted by Crippen LogP contribution is 2.25. The number of hydrogen-bond donors (Lipinski definition) is 2. The summed E-state index contributed by atoms with van der Waals surface area (Å²) >= 11 is 0. The third-order valence-corrected chi connectivity index (χ3v) is 6.09. The van der Waals surface area contributed by atoms with Gasteiger partial charge in [-0.05, 0) is 25.2 Å². The minimum absolute atomic E-state index is 0.0521. The van der Waals surface area contributed by atoms with Crippen LogP contribution in [-0.2, 0) is 14.6 Å². The molecule has 6 nitrogen and oxygen atoms in total. The molecule has 1 saturated heterocycles. The quantitative estimate of drug-likeness (QED) is 0.743. The van der Waals surface area contributed by atoms with Crippen molar-refractivity contribution in [3.05, 3.63) is 0 Å². The molecule has 2 aliphatic rings. The van der Waals surface area contributed by atoms with E-state index in [1.807, 2.05) is 0 Å². The normalized spacial score (nSPS) is 31.8. The standard InChI is InChI=1S/C14H26N2O4S/c1-11-4-2-3-5-13(11)20-8-7-15-14(17)16-12-6-9-21(18,19)10-12/h11-13H,2-10H2,1H3,(H2,15,16,17)/t11-,12-,13-/m1/s1. The molecule has 3 atom stereocenters. The summed E-state index contributed by atoms with van der Waals surface area (Å²) < 4.78 is 28.4. The van der Waals surface area contributed by atoms with E-state index >= 15 is 0 Å². The molecule has 1 heterocycles. The summed E-state index contributed by atoms with van der Waals surface area (Å²) in [6.45, 7) is 3.17. The van der Waals surface area contributed by atoms with Gasteiger partial charge in [0, 0.05) is 12.6 Å². The molecule has 1 saturated carbocycles. The summed E-state index contributed by atoms with van der Waals surface area (Å²) in [5.41, 5.74) is 0. The second kappa shape index (κ2) is 7.45. The molecular weight excluding hydrogens is 292 g/mol. The van der Waals surface area contributed by atoms with E-state index in [1.54, 1.807) is 0 Å². The third-order valence-electron chi connectivity index (χ3n) is 4.32. The average Bonchev–Trinajstić information content (AvgIpc) is 2.76. The van der Waals surface area contributed by atoms with Gasteiger partial charge in [0.15, 0.2) is 9.84 Å². The maximum atomic E-state index is 11.7. The topological polar surface area (TPSA) is 84.5 Å². The molecule has 1 aliphatic carbocycles. The van der Waals surface area contributed by atoms with E-state index in [-0.39, 0.29) is 23.6 Å². The summed E-state index contributed by atoms with van der Waals surface area (Å²) in [7, 11) is -2.95. The van der Waals surface area contributed by atoms with Crippen LogP contribution in [0.2, 0.25) is 0 Å². The molecular formula is C14H26N2O4S. The first-order valence-corrected chi connectivity index (χ1v) is 9.65. The van der Waals surface area contributed by atoms with Crippen molar-refractivity contribution in [3.8, 4) is 0 Å². The van der Waals surface area contributed by atoms with E-state index in [0.717, 1.165) is 6.42 Å². The van der Waals surface area contributed by atoms with Crippen LogP contribution < -0.4 is 10.6 Å². The first-order valence-electron chi connectivity index (χ1n) is 7.83. The van der Waals surface area contributed by atoms with Gasteiger partial charge in [0.25, 0.3) is 0 Å². The van der Waals surface area contributed by atoms with Crippen LogP contribution in [0.25, 0.3) is 0 Å². The van der Waals surface area contributed by atoms with E-state index in [0.29, 0.717) is 31.6 Å². The molecule has 0 aromatic carbocycles. The van der Waals surface area contributed by atoms with Crippen molar-refractivity contribution in [2.75, 3.05) is 24.7 Å². The predicted octanol–water partition coefficient (Wildman–Crippen LogP) is 1.07. The summed E-state index contributed by atoms with van der Waals surface area (Å²) in [4.78, 5) is 11.7. The van der Waals surface area contributed by atoms with Crippen LogP contribution in [0.4, 0.5) is 4.79 Å². The Morgan fingerprint density at radius 1 is 1.24 bits per heavy atom. The zero-order valence-corrected chi connectivity index (χ0v) is 13.5. The van der Waals surface area contributed by atoms with Crippen LogP contribution in [0.15, 0.2) is 0 Å². The maximum Gasteiger partial charge on any atom is 0.315 e. The molecule has 0 spiro atoms. The SMILES string of the molecule is C[C@@H]1CCCC[C@H]1OCCNC(=O)N[C@@H]1CCS(=O)(=O)C1. The van der Waals surface area contributed by atoms with Crippen molar-refractivity contribution in [1.82, 2.24) is 10.6 Å². The molecule has 1 aliphatic heterocycles. The first kappa shape index (κ1) is 16.5. The second-order valence-electron chi connectivity index (χ2n) is 6.17. The summed E-state index contributed by atoms with van der Waals surface area (Å²) in [5.74, 6) is 0.813. The van der Waals surface area contributed by atoms with Crippen molar-refractivity contribution >= 4 is 15.9 Å². The average molecular weight is 318 g/mol. The summed E-state index contributed by atoms with van der Waals surface area (Å²) in [5, 5.41) is 5.42. The van der Waals surface area contributed by atoms with Gasteiger partial charge in [0.05, 0.1) is 24.2 Å². The molecule has 21 heavy (non-hydrogen) atoms. The maximum absolute atomic E-state index is 11.7. The minimum Gasteiger partial charge on any atom is -0.376 e. The van der Waals surface area contributed by atoms with E-state index in [9.17, 15) is 13.2 Å². The van der Waals surface area contributed by atoms with Gasteiger partial charge in [-0.2, -0.15) is 0 Å². The number of amides is 2. The van der Waals surface area contributed by atoms with Crippen molar-refractivity contribution in [1.29, 1.82) is 0 Å². The number of carbonyl (C=O) groups is 1. The van der Waals surface area contributed by atoms with Gasteiger partial charge in [0.2, 0.25) is 0 Å². The Morgan fingerprint density at radius 2 is 2.00 bits per heavy atom. The lowest BCUT2D eigenvalue weighted by atomic mass is 9.88. The Balaban J connectivity index is 1.57. The van der Waals surface area contributed by atoms with Gasteiger partial charge >= 0.3 is 6.03 Å². The molecule has 122 valence electrons. The van der Waals surface area contributed by atoms with Gasteiger partial charge in [-0.1, -0.05) is 19.8 Å². The molecule has 2 fully saturated rings. The number of rotatable bonds is 5. The lowest BCUT2D eigenvalue weighted by Crippen LogP contribution is -2.44. The smallest absolute Gasteiger partial charge is 0.315 e. The van der Waals surface area contributed by atoms with Crippen molar-refractivity contribution in [3.63, 3.8) is 0 Å². The highest BCUT2D eigenvalue weighted by Gasteiger charge is 2.28. The van der Waals surface area contributed by atoms with Crippen molar-refractivity contribution in [2.24, 2.45) is 5.92 Å². The van der Waals surface area contributed by atoms with Crippen molar-refractivity contribution in [2.45, 2.75) is 51.2 Å². The van der Waals surface area contributed by atoms with Gasteiger partial charge in [-0.25, -0.2) is 13.2 Å². The van der Waals surface area contributed by atoms with Gasteiger partial charge < -0.3 is 15.4 Å². The van der Waals surface area contributed by atoms with Gasteiger partial charge in [-0.15, -0.1) is 0 Å². The fraction of sp³-hybridized carbons (Fsp3) is 0.929. The predicted molar refractivity (Wildman–Crippen MR) is 81.0 cm³/mol. The Hall–Kier alpha value is -0.820. The van der Waals surface area contributed by atoms with Crippen LogP contribution in [0.3, 0.4) is 0 Å². The Labute approximate surface area is 126 Å². The van der Waals surface area contributed by atoms with Crippen LogP contribution in [0.5, 0.6) is 0 Å². The number of nitrogens with one attached hydrogen (secondary N) is 2. The molecule has 0 unspecified atom stereocenters. The number of urea groups is 1. The van der Waals surface area contributed by atoms with E-state index in [2.05, 4.69) is 17.6 Å². The number of hydrogen-bond acceptors (Lipinski definition) is 4. The number of sulfone groups is 1. The zero-order valence-electron chi connectivity index (χ0n) is 12.6. The largest absolute Gasteiger partial charge is 0.376 e. The molecule has 7 heteroatoms. The molecule has 0 radical (unpaired) electrons. The molecule has 0 aromatic heterocycles. The Kier molecular flexibility index (Phi) is 5.87. The highest BCUT2D eigenvalue weighted by molar-refractivity contribution is 7.91. The van der Waals surface area contributed by atoms with Crippen LogP contribution in [0, 0.1) is 5.92 Å². The Morgan fingerprint density at radius 3 is 2.67 bits per heavy atom. The highest BCUT2D eigenvalue weighted by atomic mass is 32.2. The Bertz CT molecular complexity index is 452. The van der Waals surface area contributed by atoms with Gasteiger partial charge in [-0.3, -0.25) is 0 Å². The number of ether oxygens (including phenoxy) is 1. The van der Waals surface area contributed by atoms with Crippen LogP contribution >= 0.6 is 0 Å². The lowest BCUT2D eigenvalue weighted by molar-refractivity contribution is -0.00244. The molecule has 2 amide bonds. The van der Waals surface area contributed by atoms with Gasteiger partial charge in [0.1, 0.15) is 0 Å². The van der Waals surface area contributed by atoms with Crippen molar-refractivity contribution < 1.29 is 17.9 Å². The first-order chi connectivity index (χ1) is 9.96. The molecule has 0 bridgehead atoms. The van der Waals surface area contributed by atoms with E-state index in [1.165, 1.54) is 19.3 Å². The fourth-order valence-corrected chi connectivity index (χ4v) is 4.72. The minimum atomic E-state index is -2.95. The molecule has 2 N–H and O–H groups in total. The summed E-state index contributed by atoms with van der Waals surface area (Å²) in [6.07, 6.45) is 5.64. The fourth-order valence-electron chi connectivity index (χ4n) is 3.05. The monoisotopic (exact) mass is 318 g/mol. The molecule has 0 aromatic rings. The van der Waals surface area contributed by atoms with E-state index < -0.39 is 9.84 Å². The van der Waals surface area contributed by atoms with Crippen LogP contribution in [0.1, 0.15) is 39.0 Å². The van der Waals surface area contributed by atoms with E-state index in [4.69, 9.17) is 4.74 Å². The number of carbonyl (C=O) groups excluding carboxylic acids is 1. The lowest BCUT2D eigenvalue weighted by Gasteiger charge is -2.28. The van der Waals surface area contributed by atoms with Crippen LogP contribution in [-0.4, -0.2) is 51.3 Å². The third kappa shape index (κ3) is 5.47. The summed E-state index contributed by atoms with van der Waals surface area (Å²) in [6, 6.07) is -0.563.